The van der Waals surface area contributed by atoms with E-state index < -0.39 is 11.7 Å². The highest BCUT2D eigenvalue weighted by molar-refractivity contribution is 6.40. The van der Waals surface area contributed by atoms with Gasteiger partial charge in [-0.25, -0.2) is 9.97 Å². The van der Waals surface area contributed by atoms with Crippen molar-refractivity contribution in [3.8, 4) is 22.3 Å². The van der Waals surface area contributed by atoms with E-state index in [-0.39, 0.29) is 29.0 Å². The molecule has 1 aromatic heterocycles. The number of benzene rings is 7. The van der Waals surface area contributed by atoms with E-state index in [1.807, 2.05) is 97.6 Å². The lowest BCUT2D eigenvalue weighted by atomic mass is 9.91. The largest absolute Gasteiger partial charge is 0.416 e. The van der Waals surface area contributed by atoms with Gasteiger partial charge in [0.15, 0.2) is 23.2 Å². The molecule has 1 aliphatic heterocycles. The molecule has 326 valence electrons. The van der Waals surface area contributed by atoms with E-state index in [1.54, 1.807) is 24.3 Å². The summed E-state index contributed by atoms with van der Waals surface area (Å²) in [5.41, 5.74) is 9.65. The van der Waals surface area contributed by atoms with Crippen LogP contribution in [-0.4, -0.2) is 21.5 Å². The lowest BCUT2D eigenvalue weighted by molar-refractivity contribution is -0.137. The van der Waals surface area contributed by atoms with Gasteiger partial charge in [-0.15, -0.1) is 0 Å². The maximum Gasteiger partial charge on any atom is 0.416 e. The van der Waals surface area contributed by atoms with E-state index in [0.29, 0.717) is 56.4 Å². The molecule has 9 heteroatoms. The third-order valence-electron chi connectivity index (χ3n) is 12.6. The van der Waals surface area contributed by atoms with Gasteiger partial charge in [-0.1, -0.05) is 124 Å². The molecule has 8 aromatic rings. The Morgan fingerprint density at radius 2 is 0.985 bits per heavy atom. The Labute approximate surface area is 381 Å². The third kappa shape index (κ3) is 7.15. The zero-order chi connectivity index (χ0) is 46.2. The molecule has 0 saturated carbocycles. The van der Waals surface area contributed by atoms with Gasteiger partial charge in [0.1, 0.15) is 5.82 Å². The predicted molar refractivity (Wildman–Crippen MR) is 259 cm³/mol. The van der Waals surface area contributed by atoms with Crippen molar-refractivity contribution in [3.05, 3.63) is 202 Å². The summed E-state index contributed by atoms with van der Waals surface area (Å²) in [6, 6.07) is 42.6. The van der Waals surface area contributed by atoms with E-state index in [2.05, 4.69) is 56.9 Å². The average molecular weight is 875 g/mol. The molecular weight excluding hydrogens is 830 g/mol. The SMILES string of the molecule is Cc1ccc(-c2cc(C)cc(-c3ccc(C(F)(F)F)cc3)c2N2/C(=C/C=C3C(=O)c4cc5ccccc5cc4C3=O)N(c3c(C(C)C)cccc3C(C)C)c3nc4ccccc4nc32)cc1. The second-order valence-electron chi connectivity index (χ2n) is 17.8. The van der Waals surface area contributed by atoms with E-state index in [0.717, 1.165) is 62.0 Å². The Balaban J connectivity index is 1.33. The van der Waals surface area contributed by atoms with E-state index >= 15 is 0 Å². The maximum absolute atomic E-state index is 14.4. The number of ketones is 2. The Kier molecular flexibility index (Phi) is 10.3. The highest BCUT2D eigenvalue weighted by Gasteiger charge is 2.42. The summed E-state index contributed by atoms with van der Waals surface area (Å²) < 4.78 is 42.3. The Morgan fingerprint density at radius 3 is 1.47 bits per heavy atom. The van der Waals surface area contributed by atoms with Crippen molar-refractivity contribution in [2.75, 3.05) is 9.80 Å². The van der Waals surface area contributed by atoms with Gasteiger partial charge in [0.2, 0.25) is 0 Å². The molecule has 1 aliphatic carbocycles. The molecule has 66 heavy (non-hydrogen) atoms. The van der Waals surface area contributed by atoms with Crippen molar-refractivity contribution in [3.63, 3.8) is 0 Å². The first kappa shape index (κ1) is 42.3. The number of fused-ring (bicyclic) bond motifs is 4. The first-order valence-electron chi connectivity index (χ1n) is 22.1. The van der Waals surface area contributed by atoms with Crippen molar-refractivity contribution in [1.82, 2.24) is 9.97 Å². The summed E-state index contributed by atoms with van der Waals surface area (Å²) in [7, 11) is 0. The molecule has 0 fully saturated rings. The molecule has 10 rings (SSSR count). The number of para-hydroxylation sites is 3. The van der Waals surface area contributed by atoms with Crippen LogP contribution in [0.1, 0.15) is 88.1 Å². The topological polar surface area (TPSA) is 66.4 Å². The fourth-order valence-electron chi connectivity index (χ4n) is 9.31. The van der Waals surface area contributed by atoms with Gasteiger partial charge in [0, 0.05) is 22.3 Å². The minimum atomic E-state index is -4.53. The van der Waals surface area contributed by atoms with E-state index in [9.17, 15) is 22.8 Å². The van der Waals surface area contributed by atoms with Crippen LogP contribution in [0.4, 0.5) is 36.2 Å². The van der Waals surface area contributed by atoms with Crippen LogP contribution in [0.5, 0.6) is 0 Å². The first-order valence-corrected chi connectivity index (χ1v) is 22.1. The number of rotatable bonds is 7. The Hall–Kier alpha value is -7.65. The van der Waals surface area contributed by atoms with Crippen molar-refractivity contribution in [1.29, 1.82) is 0 Å². The fourth-order valence-corrected chi connectivity index (χ4v) is 9.31. The summed E-state index contributed by atoms with van der Waals surface area (Å²) in [6.07, 6.45) is -1.11. The van der Waals surface area contributed by atoms with Crippen molar-refractivity contribution < 1.29 is 22.8 Å². The normalized spacial score (nSPS) is 14.4. The average Bonchev–Trinajstić information content (AvgIpc) is 3.73. The number of alkyl halides is 3. The zero-order valence-electron chi connectivity index (χ0n) is 37.3. The highest BCUT2D eigenvalue weighted by atomic mass is 19.4. The number of nitrogens with zero attached hydrogens (tertiary/aromatic N) is 4. The quantitative estimate of drug-likeness (QED) is 0.117. The number of hydrogen-bond acceptors (Lipinski definition) is 6. The Bertz CT molecular complexity index is 3280. The van der Waals surface area contributed by atoms with E-state index in [1.165, 1.54) is 12.1 Å². The van der Waals surface area contributed by atoms with Crippen LogP contribution in [0.25, 0.3) is 44.1 Å². The van der Waals surface area contributed by atoms with Crippen LogP contribution in [0.2, 0.25) is 0 Å². The number of anilines is 4. The summed E-state index contributed by atoms with van der Waals surface area (Å²) in [5, 5.41) is 1.71. The smallest absolute Gasteiger partial charge is 0.288 e. The van der Waals surface area contributed by atoms with Gasteiger partial charge in [0.05, 0.1) is 33.5 Å². The van der Waals surface area contributed by atoms with E-state index in [4.69, 9.17) is 9.97 Å². The van der Waals surface area contributed by atoms with Gasteiger partial charge < -0.3 is 0 Å². The molecule has 0 radical (unpaired) electrons. The number of allylic oxidation sites excluding steroid dienone is 3. The number of carbonyl (C=O) groups excluding carboxylic acids is 2. The lowest BCUT2D eigenvalue weighted by Gasteiger charge is -2.32. The molecular formula is C57H45F3N4O2. The second kappa shape index (κ2) is 16.1. The van der Waals surface area contributed by atoms with Gasteiger partial charge >= 0.3 is 6.18 Å². The van der Waals surface area contributed by atoms with Crippen LogP contribution in [-0.2, 0) is 6.18 Å². The standard InChI is InChI=1S/C57H45F3N4O2/c1-32(2)41-14-11-15-42(33(3)4)51(41)63-50(27-26-43-53(65)46-30-38-12-7-8-13-39(38)31-47(46)54(43)66)64(56-55(63)61-48-16-9-10-17-49(48)62-56)52-44(36-20-18-34(5)19-21-36)28-35(6)29-45(52)37-22-24-40(25-23-37)57(58,59)60/h7-33H,1-6H3/b50-27+. The number of aromatic nitrogens is 2. The number of hydrogen-bond donors (Lipinski definition) is 0. The number of carbonyl (C=O) groups is 2. The van der Waals surface area contributed by atoms with Crippen LogP contribution in [0.15, 0.2) is 163 Å². The predicted octanol–water partition coefficient (Wildman–Crippen LogP) is 15.1. The zero-order valence-corrected chi connectivity index (χ0v) is 37.3. The van der Waals surface area contributed by atoms with Gasteiger partial charge in [-0.2, -0.15) is 13.2 Å². The third-order valence-corrected chi connectivity index (χ3v) is 12.6. The molecule has 0 unspecified atom stereocenters. The minimum Gasteiger partial charge on any atom is -0.288 e. The molecule has 0 saturated heterocycles. The monoisotopic (exact) mass is 874 g/mol. The molecule has 0 bridgehead atoms. The lowest BCUT2D eigenvalue weighted by Crippen LogP contribution is -2.25. The van der Waals surface area contributed by atoms with Crippen LogP contribution >= 0.6 is 0 Å². The summed E-state index contributed by atoms with van der Waals surface area (Å²) >= 11 is 0. The molecule has 6 nitrogen and oxygen atoms in total. The van der Waals surface area contributed by atoms with Gasteiger partial charge in [0.25, 0.3) is 0 Å². The molecule has 0 spiro atoms. The maximum atomic E-state index is 14.4. The molecule has 2 aliphatic rings. The van der Waals surface area contributed by atoms with Gasteiger partial charge in [-0.05, 0) is 125 Å². The molecule has 0 amide bonds. The summed E-state index contributed by atoms with van der Waals surface area (Å²) in [6.45, 7) is 12.6. The molecule has 7 aromatic carbocycles. The Morgan fingerprint density at radius 1 is 0.515 bits per heavy atom. The molecule has 0 N–H and O–H groups in total. The number of Topliss-reactive ketones (excluding diaryl/α,β-unsaturated/α-hetero) is 2. The van der Waals surface area contributed by atoms with Crippen LogP contribution < -0.4 is 9.80 Å². The first-order chi connectivity index (χ1) is 31.7. The summed E-state index contributed by atoms with van der Waals surface area (Å²) in [4.78, 5) is 43.7. The van der Waals surface area contributed by atoms with Crippen molar-refractivity contribution >= 4 is 56.4 Å². The van der Waals surface area contributed by atoms with Gasteiger partial charge in [-0.3, -0.25) is 19.4 Å². The minimum absolute atomic E-state index is 0.0154. The highest BCUT2D eigenvalue weighted by Crippen LogP contribution is 2.55. The number of halogens is 3. The molecule has 2 heterocycles. The van der Waals surface area contributed by atoms with Crippen molar-refractivity contribution in [2.24, 2.45) is 0 Å². The molecule has 0 atom stereocenters. The summed E-state index contributed by atoms with van der Waals surface area (Å²) in [5.74, 6) is 0.859. The number of aryl methyl sites for hydroxylation is 2. The van der Waals surface area contributed by atoms with Crippen LogP contribution in [0.3, 0.4) is 0 Å². The van der Waals surface area contributed by atoms with Crippen molar-refractivity contribution in [2.45, 2.75) is 59.6 Å². The fraction of sp³-hybridized carbons (Fsp3) is 0.158. The second-order valence-corrected chi connectivity index (χ2v) is 17.8. The van der Waals surface area contributed by atoms with Crippen LogP contribution in [0, 0.1) is 13.8 Å².